The Morgan fingerprint density at radius 2 is 1.54 bits per heavy atom. The van der Waals surface area contributed by atoms with Crippen LogP contribution in [0.2, 0.25) is 0 Å². The van der Waals surface area contributed by atoms with Gasteiger partial charge in [0.2, 0.25) is 17.1 Å². The molecule has 2 N–H and O–H groups in total. The Hall–Kier alpha value is -4.92. The molecule has 9 heteroatoms. The summed E-state index contributed by atoms with van der Waals surface area (Å²) in [5.74, 6) is 1.05. The Kier molecular flexibility index (Phi) is 6.30. The van der Waals surface area contributed by atoms with Gasteiger partial charge in [0.15, 0.2) is 6.61 Å². The number of aromatic hydroxyl groups is 2. The van der Waals surface area contributed by atoms with Crippen molar-refractivity contribution in [3.63, 3.8) is 0 Å². The van der Waals surface area contributed by atoms with Crippen molar-refractivity contribution in [1.29, 1.82) is 0 Å². The van der Waals surface area contributed by atoms with E-state index in [2.05, 4.69) is 33.7 Å². The van der Waals surface area contributed by atoms with Gasteiger partial charge in [-0.15, -0.1) is 4.73 Å². The molecular formula is C37H36N3O6+. The van der Waals surface area contributed by atoms with E-state index in [1.54, 1.807) is 0 Å². The van der Waals surface area contributed by atoms with Crippen LogP contribution in [0, 0.1) is 0 Å². The summed E-state index contributed by atoms with van der Waals surface area (Å²) in [5, 5.41) is 22.1. The van der Waals surface area contributed by atoms with Gasteiger partial charge in [-0.25, -0.2) is 9.37 Å². The predicted octanol–water partition coefficient (Wildman–Crippen LogP) is 3.37. The Morgan fingerprint density at radius 3 is 2.35 bits per heavy atom. The lowest BCUT2D eigenvalue weighted by Crippen LogP contribution is -2.45. The van der Waals surface area contributed by atoms with Crippen LogP contribution in [0.25, 0.3) is 5.57 Å². The summed E-state index contributed by atoms with van der Waals surface area (Å²) in [6.07, 6.45) is 8.83. The number of hydrogen-bond acceptors (Lipinski definition) is 7. The number of hydrogen-bond donors (Lipinski definition) is 2. The second-order valence-electron chi connectivity index (χ2n) is 13.0. The van der Waals surface area contributed by atoms with Crippen LogP contribution in [-0.2, 0) is 30.5 Å². The van der Waals surface area contributed by atoms with Crippen LogP contribution in [-0.4, -0.2) is 53.7 Å². The zero-order valence-electron chi connectivity index (χ0n) is 25.7. The molecule has 234 valence electrons. The molecule has 5 aliphatic rings. The fourth-order valence-electron chi connectivity index (χ4n) is 8.31. The third-order valence-electron chi connectivity index (χ3n) is 10.2. The minimum atomic E-state index is -0.756. The molecule has 0 atom stereocenters. The summed E-state index contributed by atoms with van der Waals surface area (Å²) < 4.78 is 16.1. The van der Waals surface area contributed by atoms with Crippen LogP contribution in [0.1, 0.15) is 59.1 Å². The van der Waals surface area contributed by atoms with Crippen LogP contribution in [0.5, 0.6) is 29.0 Å². The molecule has 9 rings (SSSR count). The van der Waals surface area contributed by atoms with Crippen molar-refractivity contribution >= 4 is 17.2 Å². The van der Waals surface area contributed by atoms with Gasteiger partial charge in [-0.2, -0.15) is 0 Å². The molecule has 4 aromatic rings. The summed E-state index contributed by atoms with van der Waals surface area (Å²) in [4.78, 5) is 20.0. The van der Waals surface area contributed by atoms with E-state index >= 15 is 0 Å². The van der Waals surface area contributed by atoms with Gasteiger partial charge < -0.3 is 29.4 Å². The number of carbonyl (C=O) groups is 1. The minimum Gasteiger partial charge on any atom is -0.492 e. The largest absolute Gasteiger partial charge is 0.492 e. The fourth-order valence-corrected chi connectivity index (χ4v) is 8.31. The van der Waals surface area contributed by atoms with Gasteiger partial charge in [0.1, 0.15) is 30.3 Å². The SMILES string of the molecule is O=C(COc1ccc(C2=c3cc4c5c(c3Oc3c2cc2c6c3CCCN6CCC2)CCC[N+]=5CCC4)cc1)On1c(O)ccc1O. The predicted molar refractivity (Wildman–Crippen MR) is 172 cm³/mol. The van der Waals surface area contributed by atoms with Crippen molar-refractivity contribution < 1.29 is 29.3 Å². The monoisotopic (exact) mass is 618 g/mol. The number of benzene rings is 3. The number of aromatic nitrogens is 1. The van der Waals surface area contributed by atoms with Gasteiger partial charge in [-0.1, -0.05) is 12.1 Å². The topological polar surface area (TPSA) is 96.4 Å². The first kappa shape index (κ1) is 27.4. The molecular weight excluding hydrogens is 582 g/mol. The summed E-state index contributed by atoms with van der Waals surface area (Å²) >= 11 is 0. The van der Waals surface area contributed by atoms with E-state index in [1.807, 2.05) is 12.1 Å². The number of aryl methyl sites for hydroxylation is 2. The highest BCUT2D eigenvalue weighted by Gasteiger charge is 2.35. The molecule has 0 fully saturated rings. The van der Waals surface area contributed by atoms with Crippen LogP contribution in [0.3, 0.4) is 0 Å². The average molecular weight is 619 g/mol. The van der Waals surface area contributed by atoms with Crippen molar-refractivity contribution in [2.45, 2.75) is 51.4 Å². The van der Waals surface area contributed by atoms with Gasteiger partial charge in [-0.05, 0) is 73.9 Å². The van der Waals surface area contributed by atoms with E-state index in [0.29, 0.717) is 10.5 Å². The third-order valence-corrected chi connectivity index (χ3v) is 10.2. The van der Waals surface area contributed by atoms with Crippen LogP contribution in [0.15, 0.2) is 48.5 Å². The maximum atomic E-state index is 12.4. The number of fused-ring (bicyclic) bond motifs is 4. The quantitative estimate of drug-likeness (QED) is 0.292. The van der Waals surface area contributed by atoms with Crippen molar-refractivity contribution in [3.8, 4) is 29.0 Å². The summed E-state index contributed by atoms with van der Waals surface area (Å²) in [6, 6.07) is 15.1. The van der Waals surface area contributed by atoms with Crippen LogP contribution >= 0.6 is 0 Å². The third kappa shape index (κ3) is 4.28. The molecule has 6 heterocycles. The molecule has 0 radical (unpaired) electrons. The Balaban J connectivity index is 1.15. The molecule has 0 amide bonds. The number of nitrogens with zero attached hydrogens (tertiary/aromatic N) is 3. The lowest BCUT2D eigenvalue weighted by molar-refractivity contribution is -0.147. The lowest BCUT2D eigenvalue weighted by atomic mass is 9.82. The summed E-state index contributed by atoms with van der Waals surface area (Å²) in [5.41, 5.74) is 10.4. The first-order valence-corrected chi connectivity index (χ1v) is 16.5. The average Bonchev–Trinajstić information content (AvgIpc) is 3.40. The Labute approximate surface area is 266 Å². The molecule has 0 saturated carbocycles. The smallest absolute Gasteiger partial charge is 0.370 e. The zero-order chi connectivity index (χ0) is 30.9. The molecule has 0 aliphatic carbocycles. The van der Waals surface area contributed by atoms with Gasteiger partial charge in [-0.3, -0.25) is 0 Å². The molecule has 0 unspecified atom stereocenters. The number of rotatable bonds is 5. The van der Waals surface area contributed by atoms with E-state index in [9.17, 15) is 15.0 Å². The first-order valence-electron chi connectivity index (χ1n) is 16.5. The van der Waals surface area contributed by atoms with E-state index < -0.39 is 5.97 Å². The fraction of sp³-hybridized carbons (Fsp3) is 0.351. The van der Waals surface area contributed by atoms with E-state index in [1.165, 1.54) is 74.6 Å². The highest BCUT2D eigenvalue weighted by atomic mass is 16.7. The van der Waals surface area contributed by atoms with Gasteiger partial charge in [0, 0.05) is 71.2 Å². The molecule has 46 heavy (non-hydrogen) atoms. The van der Waals surface area contributed by atoms with Gasteiger partial charge in [0.25, 0.3) is 0 Å². The summed E-state index contributed by atoms with van der Waals surface area (Å²) in [7, 11) is 0. The first-order chi connectivity index (χ1) is 22.5. The molecule has 0 bridgehead atoms. The van der Waals surface area contributed by atoms with Crippen molar-refractivity contribution in [3.05, 3.63) is 92.5 Å². The molecule has 0 saturated heterocycles. The molecule has 0 spiro atoms. The van der Waals surface area contributed by atoms with Gasteiger partial charge >= 0.3 is 5.97 Å². The van der Waals surface area contributed by atoms with Crippen molar-refractivity contribution in [1.82, 2.24) is 9.31 Å². The normalized spacial score (nSPS) is 17.3. The Morgan fingerprint density at radius 1 is 0.826 bits per heavy atom. The standard InChI is InChI=1S/C37H35N3O6/c41-30-13-14-31(42)40(30)46-32(43)21-44-25-11-9-22(10-12-25)33-28-19-23-5-1-15-38-17-3-7-26(34(23)38)36(28)45-37-27-8-4-18-39-16-2-6-24(35(27)39)20-29(33)37/h9-14,19-20H,1-8,15-18,21H2,(H-,41,42)/p+1. The lowest BCUT2D eigenvalue weighted by Gasteiger charge is -2.39. The highest BCUT2D eigenvalue weighted by molar-refractivity contribution is 5.89. The van der Waals surface area contributed by atoms with Crippen molar-refractivity contribution in [2.75, 3.05) is 37.7 Å². The number of anilines is 1. The Bertz CT molecular complexity index is 2040. The maximum absolute atomic E-state index is 12.4. The number of carbonyl (C=O) groups excluding carboxylic acids is 1. The maximum Gasteiger partial charge on any atom is 0.370 e. The molecule has 3 aromatic carbocycles. The summed E-state index contributed by atoms with van der Waals surface area (Å²) in [6.45, 7) is 4.07. The molecule has 1 aromatic heterocycles. The minimum absolute atomic E-state index is 0.379. The van der Waals surface area contributed by atoms with E-state index in [0.717, 1.165) is 81.8 Å². The van der Waals surface area contributed by atoms with E-state index in [-0.39, 0.29) is 18.4 Å². The van der Waals surface area contributed by atoms with Crippen LogP contribution in [0.4, 0.5) is 5.69 Å². The van der Waals surface area contributed by atoms with Crippen LogP contribution < -0.4 is 34.4 Å². The zero-order valence-corrected chi connectivity index (χ0v) is 25.7. The second-order valence-corrected chi connectivity index (χ2v) is 13.0. The highest BCUT2D eigenvalue weighted by Crippen LogP contribution is 2.48. The molecule has 9 nitrogen and oxygen atoms in total. The molecule has 5 aliphatic heterocycles. The number of ether oxygens (including phenoxy) is 2. The van der Waals surface area contributed by atoms with Crippen molar-refractivity contribution in [2.24, 2.45) is 0 Å². The van der Waals surface area contributed by atoms with Gasteiger partial charge in [0.05, 0.1) is 5.56 Å². The second kappa shape index (κ2) is 10.6. The van der Waals surface area contributed by atoms with E-state index in [4.69, 9.17) is 14.3 Å².